The molecule has 1 aromatic carbocycles. The Morgan fingerprint density at radius 2 is 1.89 bits per heavy atom. The SMILES string of the molecule is CCOc1ccc(/C=[NH+]/N=C(N)N)cc1OCC. The van der Waals surface area contributed by atoms with E-state index in [1.807, 2.05) is 32.0 Å². The van der Waals surface area contributed by atoms with Gasteiger partial charge in [0.05, 0.1) is 13.2 Å². The number of rotatable bonds is 6. The fourth-order valence-electron chi connectivity index (χ4n) is 1.34. The lowest BCUT2D eigenvalue weighted by atomic mass is 10.2. The molecule has 0 aromatic heterocycles. The predicted octanol–water partition coefficient (Wildman–Crippen LogP) is -0.828. The van der Waals surface area contributed by atoms with E-state index in [9.17, 15) is 0 Å². The average Bonchev–Trinajstić information content (AvgIpc) is 2.32. The van der Waals surface area contributed by atoms with Crippen LogP contribution in [0.1, 0.15) is 19.4 Å². The topological polar surface area (TPSA) is 96.8 Å². The van der Waals surface area contributed by atoms with Crippen LogP contribution >= 0.6 is 0 Å². The molecule has 0 aliphatic heterocycles. The number of hydrogen-bond acceptors (Lipinski definition) is 3. The summed E-state index contributed by atoms with van der Waals surface area (Å²) in [4.78, 5) is 0. The highest BCUT2D eigenvalue weighted by Gasteiger charge is 2.06. The zero-order valence-electron chi connectivity index (χ0n) is 10.6. The van der Waals surface area contributed by atoms with E-state index < -0.39 is 0 Å². The summed E-state index contributed by atoms with van der Waals surface area (Å²) in [6, 6.07) is 5.57. The molecule has 0 atom stereocenters. The van der Waals surface area contributed by atoms with Crippen LogP contribution in [0.15, 0.2) is 23.3 Å². The molecule has 6 nitrogen and oxygen atoms in total. The van der Waals surface area contributed by atoms with Gasteiger partial charge in [0, 0.05) is 10.7 Å². The van der Waals surface area contributed by atoms with E-state index in [2.05, 4.69) is 10.2 Å². The molecular formula is C12H19N4O2+. The van der Waals surface area contributed by atoms with Crippen molar-refractivity contribution in [3.8, 4) is 11.5 Å². The molecule has 0 amide bonds. The average molecular weight is 251 g/mol. The van der Waals surface area contributed by atoms with E-state index in [0.717, 1.165) is 11.3 Å². The molecular weight excluding hydrogens is 232 g/mol. The summed E-state index contributed by atoms with van der Waals surface area (Å²) in [5.74, 6) is 1.39. The zero-order valence-corrected chi connectivity index (χ0v) is 10.6. The van der Waals surface area contributed by atoms with Crippen LogP contribution in [-0.2, 0) is 0 Å². The number of nitrogens with two attached hydrogens (primary N) is 2. The van der Waals surface area contributed by atoms with Crippen LogP contribution in [0, 0.1) is 0 Å². The third-order valence-electron chi connectivity index (χ3n) is 1.99. The second kappa shape index (κ2) is 7.16. The van der Waals surface area contributed by atoms with Crippen LogP contribution < -0.4 is 26.0 Å². The van der Waals surface area contributed by atoms with Gasteiger partial charge in [-0.3, -0.25) is 0 Å². The minimum atomic E-state index is -0.0257. The van der Waals surface area contributed by atoms with Gasteiger partial charge in [0.1, 0.15) is 0 Å². The molecule has 0 unspecified atom stereocenters. The Morgan fingerprint density at radius 1 is 1.22 bits per heavy atom. The molecule has 0 radical (unpaired) electrons. The number of benzene rings is 1. The van der Waals surface area contributed by atoms with Crippen LogP contribution in [0.4, 0.5) is 0 Å². The molecule has 0 saturated heterocycles. The Labute approximate surface area is 106 Å². The van der Waals surface area contributed by atoms with Crippen molar-refractivity contribution in [3.63, 3.8) is 0 Å². The van der Waals surface area contributed by atoms with E-state index in [4.69, 9.17) is 20.9 Å². The number of nitrogens with one attached hydrogen (secondary N) is 1. The van der Waals surface area contributed by atoms with Gasteiger partial charge >= 0.3 is 0 Å². The van der Waals surface area contributed by atoms with E-state index >= 15 is 0 Å². The van der Waals surface area contributed by atoms with Crippen molar-refractivity contribution in [1.29, 1.82) is 0 Å². The molecule has 1 rings (SSSR count). The highest BCUT2D eigenvalue weighted by Crippen LogP contribution is 2.27. The molecule has 5 N–H and O–H groups in total. The van der Waals surface area contributed by atoms with Gasteiger partial charge in [-0.05, 0) is 32.0 Å². The number of nitrogens with zero attached hydrogens (tertiary/aromatic N) is 1. The fraction of sp³-hybridized carbons (Fsp3) is 0.333. The number of ether oxygens (including phenoxy) is 2. The lowest BCUT2D eigenvalue weighted by Gasteiger charge is -2.10. The van der Waals surface area contributed by atoms with Crippen LogP contribution in [0.2, 0.25) is 0 Å². The summed E-state index contributed by atoms with van der Waals surface area (Å²) < 4.78 is 11.0. The van der Waals surface area contributed by atoms with Crippen molar-refractivity contribution in [3.05, 3.63) is 23.8 Å². The summed E-state index contributed by atoms with van der Waals surface area (Å²) in [6.45, 7) is 5.01. The first-order valence-corrected chi connectivity index (χ1v) is 5.74. The van der Waals surface area contributed by atoms with Crippen molar-refractivity contribution < 1.29 is 14.6 Å². The van der Waals surface area contributed by atoms with E-state index in [0.29, 0.717) is 19.0 Å². The first-order valence-electron chi connectivity index (χ1n) is 5.74. The summed E-state index contributed by atoms with van der Waals surface area (Å²) in [5.41, 5.74) is 11.3. The van der Waals surface area contributed by atoms with E-state index in [-0.39, 0.29) is 5.96 Å². The molecule has 0 spiro atoms. The maximum atomic E-state index is 5.50. The lowest BCUT2D eigenvalue weighted by Crippen LogP contribution is -2.63. The van der Waals surface area contributed by atoms with Crippen molar-refractivity contribution in [2.45, 2.75) is 13.8 Å². The van der Waals surface area contributed by atoms with Crippen LogP contribution in [0.25, 0.3) is 0 Å². The molecule has 0 saturated carbocycles. The van der Waals surface area contributed by atoms with E-state index in [1.165, 1.54) is 0 Å². The Balaban J connectivity index is 2.91. The van der Waals surface area contributed by atoms with Gasteiger partial charge in [-0.25, -0.2) is 0 Å². The second-order valence-corrected chi connectivity index (χ2v) is 3.38. The standard InChI is InChI=1S/C12H18N4O2/c1-3-17-10-6-5-9(7-11(10)18-4-2)8-15-16-12(13)14/h5-8H,3-4H2,1-2H3,(H4,13,14,16)/p+1/b15-8+. The number of guanidine groups is 1. The van der Waals surface area contributed by atoms with Crippen LogP contribution in [0.3, 0.4) is 0 Å². The van der Waals surface area contributed by atoms with Crippen molar-refractivity contribution in [2.75, 3.05) is 13.2 Å². The van der Waals surface area contributed by atoms with Gasteiger partial charge < -0.3 is 20.9 Å². The molecule has 0 aliphatic carbocycles. The van der Waals surface area contributed by atoms with Gasteiger partial charge in [0.25, 0.3) is 5.96 Å². The summed E-state index contributed by atoms with van der Waals surface area (Å²) >= 11 is 0. The molecule has 0 fully saturated rings. The van der Waals surface area contributed by atoms with Crippen LogP contribution in [-0.4, -0.2) is 25.4 Å². The summed E-state index contributed by atoms with van der Waals surface area (Å²) in [6.07, 6.45) is 1.66. The van der Waals surface area contributed by atoms with Crippen LogP contribution in [0.5, 0.6) is 11.5 Å². The molecule has 0 bridgehead atoms. The number of hydrogen-bond donors (Lipinski definition) is 3. The Bertz CT molecular complexity index is 440. The fourth-order valence-corrected chi connectivity index (χ4v) is 1.34. The van der Waals surface area contributed by atoms with Gasteiger partial charge in [-0.15, -0.1) is 5.10 Å². The third kappa shape index (κ3) is 4.32. The smallest absolute Gasteiger partial charge is 0.256 e. The number of hydrazone groups is 1. The molecule has 0 heterocycles. The normalized spacial score (nSPS) is 10.3. The summed E-state index contributed by atoms with van der Waals surface area (Å²) in [7, 11) is 0. The van der Waals surface area contributed by atoms with Gasteiger partial charge in [0.15, 0.2) is 11.5 Å². The minimum Gasteiger partial charge on any atom is -0.490 e. The molecule has 6 heteroatoms. The van der Waals surface area contributed by atoms with Crippen molar-refractivity contribution in [1.82, 2.24) is 0 Å². The molecule has 1 aromatic rings. The first-order chi connectivity index (χ1) is 8.67. The molecule has 18 heavy (non-hydrogen) atoms. The largest absolute Gasteiger partial charge is 0.490 e. The minimum absolute atomic E-state index is 0.0257. The quantitative estimate of drug-likeness (QED) is 0.349. The summed E-state index contributed by atoms with van der Waals surface area (Å²) in [5, 5.41) is 6.29. The second-order valence-electron chi connectivity index (χ2n) is 3.38. The zero-order chi connectivity index (χ0) is 13.4. The predicted molar refractivity (Wildman–Crippen MR) is 70.7 cm³/mol. The Morgan fingerprint density at radius 3 is 2.50 bits per heavy atom. The monoisotopic (exact) mass is 251 g/mol. The Hall–Kier alpha value is -2.24. The third-order valence-corrected chi connectivity index (χ3v) is 1.99. The lowest BCUT2D eigenvalue weighted by molar-refractivity contribution is -0.456. The van der Waals surface area contributed by atoms with Gasteiger partial charge in [-0.2, -0.15) is 0 Å². The van der Waals surface area contributed by atoms with Crippen molar-refractivity contribution in [2.24, 2.45) is 16.6 Å². The maximum absolute atomic E-state index is 5.50. The molecule has 98 valence electrons. The maximum Gasteiger partial charge on any atom is 0.256 e. The van der Waals surface area contributed by atoms with Gasteiger partial charge in [0.2, 0.25) is 6.21 Å². The highest BCUT2D eigenvalue weighted by atomic mass is 16.5. The van der Waals surface area contributed by atoms with Crippen molar-refractivity contribution >= 4 is 12.2 Å². The Kier molecular flexibility index (Phi) is 5.50. The van der Waals surface area contributed by atoms with Gasteiger partial charge in [-0.1, -0.05) is 0 Å². The highest BCUT2D eigenvalue weighted by molar-refractivity contribution is 5.78. The first kappa shape index (κ1) is 13.8. The van der Waals surface area contributed by atoms with E-state index in [1.54, 1.807) is 6.21 Å². The molecule has 0 aliphatic rings.